The van der Waals surface area contributed by atoms with Gasteiger partial charge in [0.2, 0.25) is 11.8 Å². The summed E-state index contributed by atoms with van der Waals surface area (Å²) >= 11 is 2.82. The lowest BCUT2D eigenvalue weighted by Gasteiger charge is -2.21. The molecule has 0 spiro atoms. The molecule has 3 aromatic rings. The van der Waals surface area contributed by atoms with Gasteiger partial charge in [0.1, 0.15) is 0 Å². The van der Waals surface area contributed by atoms with E-state index in [0.29, 0.717) is 42.1 Å². The monoisotopic (exact) mass is 448 g/mol. The van der Waals surface area contributed by atoms with Crippen LogP contribution in [0.4, 0.5) is 0 Å². The summed E-state index contributed by atoms with van der Waals surface area (Å²) in [5.41, 5.74) is 1.87. The number of ether oxygens (including phenoxy) is 2. The number of hydrogen-bond donors (Lipinski definition) is 0. The molecule has 1 amide bonds. The first-order valence-corrected chi connectivity index (χ1v) is 11.2. The maximum atomic E-state index is 12.7. The van der Waals surface area contributed by atoms with Gasteiger partial charge in [0, 0.05) is 18.5 Å². The molecule has 0 aliphatic carbocycles. The van der Waals surface area contributed by atoms with Crippen molar-refractivity contribution in [3.63, 3.8) is 0 Å². The number of hydrogen-bond acceptors (Lipinski definition) is 9. The molecule has 0 radical (unpaired) electrons. The van der Waals surface area contributed by atoms with Gasteiger partial charge in [-0.1, -0.05) is 17.8 Å². The summed E-state index contributed by atoms with van der Waals surface area (Å²) in [6, 6.07) is 5.65. The van der Waals surface area contributed by atoms with E-state index in [4.69, 9.17) is 13.9 Å². The van der Waals surface area contributed by atoms with E-state index in [-0.39, 0.29) is 11.7 Å². The predicted octanol–water partition coefficient (Wildman–Crippen LogP) is 3.58. The summed E-state index contributed by atoms with van der Waals surface area (Å²) in [6.07, 6.45) is 0.492. The van der Waals surface area contributed by atoms with Gasteiger partial charge in [-0.2, -0.15) is 0 Å². The Labute approximate surface area is 183 Å². The minimum atomic E-state index is -0.00726. The molecular weight excluding hydrogens is 424 g/mol. The van der Waals surface area contributed by atoms with E-state index in [1.54, 1.807) is 30.5 Å². The highest BCUT2D eigenvalue weighted by Gasteiger charge is 2.16. The number of methoxy groups -OCH3 is 2. The number of benzene rings is 1. The van der Waals surface area contributed by atoms with Crippen molar-refractivity contribution in [2.75, 3.05) is 26.5 Å². The van der Waals surface area contributed by atoms with Gasteiger partial charge >= 0.3 is 0 Å². The van der Waals surface area contributed by atoms with E-state index < -0.39 is 0 Å². The Bertz CT molecular complexity index is 989. The second-order valence-corrected chi connectivity index (χ2v) is 8.37. The zero-order valence-electron chi connectivity index (χ0n) is 17.4. The van der Waals surface area contributed by atoms with Gasteiger partial charge in [0.25, 0.3) is 5.22 Å². The maximum Gasteiger partial charge on any atom is 0.277 e. The lowest BCUT2D eigenvalue weighted by molar-refractivity contribution is -0.128. The van der Waals surface area contributed by atoms with Gasteiger partial charge in [-0.15, -0.1) is 21.5 Å². The fourth-order valence-electron chi connectivity index (χ4n) is 2.80. The van der Waals surface area contributed by atoms with Crippen LogP contribution in [0, 0.1) is 6.92 Å². The molecule has 160 valence electrons. The van der Waals surface area contributed by atoms with E-state index >= 15 is 0 Å². The van der Waals surface area contributed by atoms with Crippen LogP contribution in [0.3, 0.4) is 0 Å². The van der Waals surface area contributed by atoms with Crippen molar-refractivity contribution >= 4 is 29.0 Å². The molecule has 2 aromatic heterocycles. The Morgan fingerprint density at radius 1 is 1.23 bits per heavy atom. The fraction of sp³-hybridized carbons (Fsp3) is 0.400. The number of amides is 1. The van der Waals surface area contributed by atoms with Crippen LogP contribution in [0.1, 0.15) is 29.1 Å². The Hall–Kier alpha value is -2.59. The number of rotatable bonds is 10. The third-order valence-electron chi connectivity index (χ3n) is 4.32. The number of aryl methyl sites for hydroxylation is 1. The summed E-state index contributed by atoms with van der Waals surface area (Å²) in [6.45, 7) is 4.97. The number of aromatic nitrogens is 3. The van der Waals surface area contributed by atoms with E-state index in [1.807, 2.05) is 37.4 Å². The zero-order valence-corrected chi connectivity index (χ0v) is 19.0. The summed E-state index contributed by atoms with van der Waals surface area (Å²) < 4.78 is 16.2. The fourth-order valence-corrected chi connectivity index (χ4v) is 4.10. The summed E-state index contributed by atoms with van der Waals surface area (Å²) in [7, 11) is 3.19. The number of carbonyl (C=O) groups is 1. The van der Waals surface area contributed by atoms with Crippen LogP contribution in [-0.2, 0) is 17.8 Å². The van der Waals surface area contributed by atoms with E-state index in [2.05, 4.69) is 15.2 Å². The third-order valence-corrected chi connectivity index (χ3v) is 5.95. The van der Waals surface area contributed by atoms with Crippen molar-refractivity contribution < 1.29 is 18.7 Å². The third kappa shape index (κ3) is 5.73. The molecule has 0 aliphatic rings. The molecule has 0 fully saturated rings. The highest BCUT2D eigenvalue weighted by Crippen LogP contribution is 2.28. The lowest BCUT2D eigenvalue weighted by Crippen LogP contribution is -2.31. The smallest absolute Gasteiger partial charge is 0.277 e. The topological polar surface area (TPSA) is 90.6 Å². The molecule has 0 N–H and O–H groups in total. The number of carbonyl (C=O) groups excluding carboxylic acids is 1. The van der Waals surface area contributed by atoms with Gasteiger partial charge in [-0.05, 0) is 31.5 Å². The SMILES string of the molecule is CCN(Cc1ccc(OC)c(OC)c1)C(=O)CSc1nnc(Cc2csc(C)n2)o1. The largest absolute Gasteiger partial charge is 0.493 e. The van der Waals surface area contributed by atoms with Crippen LogP contribution in [-0.4, -0.2) is 52.5 Å². The standard InChI is InChI=1S/C20H24N4O4S2/c1-5-24(10-14-6-7-16(26-3)17(8-14)27-4)19(25)12-30-20-23-22-18(28-20)9-15-11-29-13(2)21-15/h6-8,11H,5,9-10,12H2,1-4H3. The molecule has 1 aromatic carbocycles. The molecule has 3 rings (SSSR count). The highest BCUT2D eigenvalue weighted by atomic mass is 32.2. The normalized spacial score (nSPS) is 10.8. The molecule has 0 atom stereocenters. The Morgan fingerprint density at radius 2 is 2.03 bits per heavy atom. The maximum absolute atomic E-state index is 12.7. The van der Waals surface area contributed by atoms with Crippen molar-refractivity contribution in [3.8, 4) is 11.5 Å². The molecule has 30 heavy (non-hydrogen) atoms. The Morgan fingerprint density at radius 3 is 2.70 bits per heavy atom. The van der Waals surface area contributed by atoms with E-state index in [0.717, 1.165) is 16.3 Å². The van der Waals surface area contributed by atoms with Gasteiger partial charge in [0.15, 0.2) is 11.5 Å². The molecule has 0 bridgehead atoms. The average molecular weight is 449 g/mol. The first-order chi connectivity index (χ1) is 14.5. The van der Waals surface area contributed by atoms with E-state index in [9.17, 15) is 4.79 Å². The molecule has 0 unspecified atom stereocenters. The Kier molecular flexibility index (Phi) is 7.69. The van der Waals surface area contributed by atoms with Crippen molar-refractivity contribution in [3.05, 3.63) is 45.7 Å². The van der Waals surface area contributed by atoms with Crippen LogP contribution < -0.4 is 9.47 Å². The van der Waals surface area contributed by atoms with Gasteiger partial charge in [0.05, 0.1) is 37.1 Å². The number of nitrogens with zero attached hydrogens (tertiary/aromatic N) is 4. The van der Waals surface area contributed by atoms with Crippen LogP contribution in [0.15, 0.2) is 33.2 Å². The quantitative estimate of drug-likeness (QED) is 0.435. The molecular formula is C20H24N4O4S2. The van der Waals surface area contributed by atoms with E-state index in [1.165, 1.54) is 11.8 Å². The van der Waals surface area contributed by atoms with Crippen molar-refractivity contribution in [1.29, 1.82) is 0 Å². The van der Waals surface area contributed by atoms with Crippen LogP contribution in [0.2, 0.25) is 0 Å². The van der Waals surface area contributed by atoms with Crippen LogP contribution >= 0.6 is 23.1 Å². The Balaban J connectivity index is 1.55. The van der Waals surface area contributed by atoms with Gasteiger partial charge in [-0.25, -0.2) is 4.98 Å². The van der Waals surface area contributed by atoms with Crippen molar-refractivity contribution in [2.45, 2.75) is 32.0 Å². The number of thiazole rings is 1. The van der Waals surface area contributed by atoms with Gasteiger partial charge < -0.3 is 18.8 Å². The van der Waals surface area contributed by atoms with Crippen LogP contribution in [0.5, 0.6) is 11.5 Å². The van der Waals surface area contributed by atoms with Crippen molar-refractivity contribution in [2.24, 2.45) is 0 Å². The summed E-state index contributed by atoms with van der Waals surface area (Å²) in [5, 5.41) is 11.4. The first kappa shape index (κ1) is 22.1. The first-order valence-electron chi connectivity index (χ1n) is 9.37. The van der Waals surface area contributed by atoms with Crippen LogP contribution in [0.25, 0.3) is 0 Å². The zero-order chi connectivity index (χ0) is 21.5. The molecule has 0 saturated heterocycles. The second-order valence-electron chi connectivity index (χ2n) is 6.38. The molecule has 0 aliphatic heterocycles. The molecule has 10 heteroatoms. The minimum Gasteiger partial charge on any atom is -0.493 e. The molecule has 0 saturated carbocycles. The summed E-state index contributed by atoms with van der Waals surface area (Å²) in [5.74, 6) is 2.01. The predicted molar refractivity (Wildman–Crippen MR) is 115 cm³/mol. The minimum absolute atomic E-state index is 0.00726. The molecule has 2 heterocycles. The van der Waals surface area contributed by atoms with Crippen molar-refractivity contribution in [1.82, 2.24) is 20.1 Å². The lowest BCUT2D eigenvalue weighted by atomic mass is 10.2. The van der Waals surface area contributed by atoms with Gasteiger partial charge in [-0.3, -0.25) is 4.79 Å². The average Bonchev–Trinajstić information content (AvgIpc) is 3.38. The highest BCUT2D eigenvalue weighted by molar-refractivity contribution is 7.99. The molecule has 8 nitrogen and oxygen atoms in total. The number of thioether (sulfide) groups is 1. The second kappa shape index (κ2) is 10.4. The summed E-state index contributed by atoms with van der Waals surface area (Å²) in [4.78, 5) is 18.8.